The molecular weight excluding hydrogens is 312 g/mol. The minimum atomic E-state index is -0.641. The van der Waals surface area contributed by atoms with Crippen LogP contribution in [0.25, 0.3) is 0 Å². The Morgan fingerprint density at radius 1 is 1.17 bits per heavy atom. The van der Waals surface area contributed by atoms with Crippen molar-refractivity contribution < 1.29 is 23.9 Å². The summed E-state index contributed by atoms with van der Waals surface area (Å²) < 4.78 is 10.3. The van der Waals surface area contributed by atoms with Gasteiger partial charge in [-0.1, -0.05) is 17.7 Å². The number of imide groups is 1. The molecule has 130 valence electrons. The average molecular weight is 334 g/mol. The van der Waals surface area contributed by atoms with Crippen LogP contribution < -0.4 is 15.4 Å². The van der Waals surface area contributed by atoms with E-state index in [0.29, 0.717) is 13.0 Å². The van der Waals surface area contributed by atoms with E-state index in [0.717, 1.165) is 24.2 Å². The third-order valence-corrected chi connectivity index (χ3v) is 3.34. The molecule has 0 saturated heterocycles. The quantitative estimate of drug-likeness (QED) is 0.557. The van der Waals surface area contributed by atoms with Gasteiger partial charge in [-0.25, -0.2) is 4.79 Å². The summed E-state index contributed by atoms with van der Waals surface area (Å²) in [6.45, 7) is 1.91. The van der Waals surface area contributed by atoms with E-state index in [9.17, 15) is 14.4 Å². The fourth-order valence-corrected chi connectivity index (χ4v) is 1.87. The molecule has 3 amide bonds. The monoisotopic (exact) mass is 334 g/mol. The molecule has 24 heavy (non-hydrogen) atoms. The lowest BCUT2D eigenvalue weighted by Crippen LogP contribution is -2.42. The highest BCUT2D eigenvalue weighted by Gasteiger charge is 2.24. The molecule has 0 unspecified atom stereocenters. The third kappa shape index (κ3) is 7.13. The second-order valence-electron chi connectivity index (χ2n) is 5.72. The van der Waals surface area contributed by atoms with E-state index in [1.807, 2.05) is 31.2 Å². The summed E-state index contributed by atoms with van der Waals surface area (Å²) in [5, 5.41) is 4.71. The highest BCUT2D eigenvalue weighted by atomic mass is 16.5. The molecule has 0 aliphatic heterocycles. The number of urea groups is 1. The Hall–Kier alpha value is -2.57. The van der Waals surface area contributed by atoms with Crippen LogP contribution in [0.4, 0.5) is 4.79 Å². The molecular formula is C17H22N2O5. The average Bonchev–Trinajstić information content (AvgIpc) is 3.35. The van der Waals surface area contributed by atoms with Gasteiger partial charge in [-0.15, -0.1) is 0 Å². The lowest BCUT2D eigenvalue weighted by molar-refractivity contribution is -0.148. The minimum absolute atomic E-state index is 0.146. The van der Waals surface area contributed by atoms with Gasteiger partial charge in [-0.3, -0.25) is 14.9 Å². The summed E-state index contributed by atoms with van der Waals surface area (Å²) in [5.41, 5.74) is 1.15. The summed E-state index contributed by atoms with van der Waals surface area (Å²) in [5.74, 6) is -0.396. The molecule has 7 heteroatoms. The van der Waals surface area contributed by atoms with Crippen molar-refractivity contribution >= 4 is 17.9 Å². The molecule has 0 atom stereocenters. The van der Waals surface area contributed by atoms with Crippen LogP contribution in [0, 0.1) is 6.92 Å². The second kappa shape index (κ2) is 8.90. The summed E-state index contributed by atoms with van der Waals surface area (Å²) in [7, 11) is 0. The predicted molar refractivity (Wildman–Crippen MR) is 86.6 cm³/mol. The van der Waals surface area contributed by atoms with E-state index in [1.54, 1.807) is 0 Å². The topological polar surface area (TPSA) is 93.7 Å². The Kier molecular flexibility index (Phi) is 6.60. The molecule has 1 aromatic rings. The number of hydrogen-bond donors (Lipinski definition) is 2. The molecule has 7 nitrogen and oxygen atoms in total. The van der Waals surface area contributed by atoms with Crippen LogP contribution in [0.15, 0.2) is 24.3 Å². The molecule has 1 aromatic carbocycles. The molecule has 0 radical (unpaired) electrons. The maximum absolute atomic E-state index is 11.5. The molecule has 2 rings (SSSR count). The van der Waals surface area contributed by atoms with Gasteiger partial charge in [-0.05, 0) is 38.3 Å². The molecule has 1 saturated carbocycles. The van der Waals surface area contributed by atoms with Crippen LogP contribution in [0.5, 0.6) is 5.75 Å². The number of ether oxygens (including phenoxy) is 2. The number of hydrogen-bond acceptors (Lipinski definition) is 5. The second-order valence-corrected chi connectivity index (χ2v) is 5.72. The summed E-state index contributed by atoms with van der Waals surface area (Å²) >= 11 is 0. The first-order chi connectivity index (χ1) is 11.5. The van der Waals surface area contributed by atoms with E-state index < -0.39 is 24.5 Å². The number of rotatable bonds is 8. The van der Waals surface area contributed by atoms with Gasteiger partial charge >= 0.3 is 12.0 Å². The highest BCUT2D eigenvalue weighted by molar-refractivity contribution is 5.95. The van der Waals surface area contributed by atoms with Crippen LogP contribution in [0.3, 0.4) is 0 Å². The molecule has 2 N–H and O–H groups in total. The van der Waals surface area contributed by atoms with E-state index in [1.165, 1.54) is 0 Å². The van der Waals surface area contributed by atoms with Gasteiger partial charge in [0.1, 0.15) is 5.75 Å². The smallest absolute Gasteiger partial charge is 0.321 e. The zero-order valence-electron chi connectivity index (χ0n) is 13.7. The van der Waals surface area contributed by atoms with Crippen molar-refractivity contribution in [1.82, 2.24) is 10.6 Å². The third-order valence-electron chi connectivity index (χ3n) is 3.34. The number of nitrogens with one attached hydrogen (secondary N) is 2. The van der Waals surface area contributed by atoms with Gasteiger partial charge in [0.05, 0.1) is 6.61 Å². The zero-order chi connectivity index (χ0) is 17.4. The molecule has 1 aliphatic carbocycles. The van der Waals surface area contributed by atoms with Gasteiger partial charge < -0.3 is 14.8 Å². The van der Waals surface area contributed by atoms with E-state index in [2.05, 4.69) is 10.6 Å². The Labute approximate surface area is 140 Å². The zero-order valence-corrected chi connectivity index (χ0v) is 13.7. The lowest BCUT2D eigenvalue weighted by atomic mass is 10.2. The number of esters is 1. The maximum Gasteiger partial charge on any atom is 0.321 e. The largest absolute Gasteiger partial charge is 0.494 e. The molecule has 0 heterocycles. The van der Waals surface area contributed by atoms with Gasteiger partial charge in [0, 0.05) is 12.5 Å². The van der Waals surface area contributed by atoms with Crippen molar-refractivity contribution in [3.05, 3.63) is 29.8 Å². The maximum atomic E-state index is 11.5. The van der Waals surface area contributed by atoms with Crippen LogP contribution in [-0.4, -0.2) is 37.2 Å². The number of amides is 3. The highest BCUT2D eigenvalue weighted by Crippen LogP contribution is 2.18. The van der Waals surface area contributed by atoms with Crippen molar-refractivity contribution in [2.24, 2.45) is 0 Å². The van der Waals surface area contributed by atoms with Crippen LogP contribution in [0.2, 0.25) is 0 Å². The fourth-order valence-electron chi connectivity index (χ4n) is 1.87. The van der Waals surface area contributed by atoms with Crippen LogP contribution in [0.1, 0.15) is 31.2 Å². The van der Waals surface area contributed by atoms with Crippen molar-refractivity contribution in [1.29, 1.82) is 0 Å². The van der Waals surface area contributed by atoms with Gasteiger partial charge in [0.25, 0.3) is 5.91 Å². The molecule has 1 fully saturated rings. The van der Waals surface area contributed by atoms with E-state index in [-0.39, 0.29) is 12.5 Å². The Balaban J connectivity index is 1.51. The van der Waals surface area contributed by atoms with Crippen molar-refractivity contribution in [2.75, 3.05) is 13.2 Å². The summed E-state index contributed by atoms with van der Waals surface area (Å²) in [6.07, 6.45) is 2.49. The first-order valence-corrected chi connectivity index (χ1v) is 7.98. The molecule has 0 aromatic heterocycles. The predicted octanol–water partition coefficient (Wildman–Crippen LogP) is 1.69. The Morgan fingerprint density at radius 3 is 2.54 bits per heavy atom. The Bertz CT molecular complexity index is 581. The summed E-state index contributed by atoms with van der Waals surface area (Å²) in [6, 6.07) is 7.23. The standard InChI is InChI=1S/C17H22N2O5/c1-12-4-8-14(9-5-12)23-10-2-3-16(21)24-11-15(20)19-17(22)18-13-6-7-13/h4-5,8-9,13H,2-3,6-7,10-11H2,1H3,(H2,18,19,20,22). The number of aryl methyl sites for hydroxylation is 1. The van der Waals surface area contributed by atoms with Crippen molar-refractivity contribution in [3.8, 4) is 5.75 Å². The molecule has 1 aliphatic rings. The van der Waals surface area contributed by atoms with Gasteiger partial charge in [-0.2, -0.15) is 0 Å². The van der Waals surface area contributed by atoms with E-state index in [4.69, 9.17) is 9.47 Å². The summed E-state index contributed by atoms with van der Waals surface area (Å²) in [4.78, 5) is 34.3. The minimum Gasteiger partial charge on any atom is -0.494 e. The van der Waals surface area contributed by atoms with Gasteiger partial charge in [0.15, 0.2) is 6.61 Å². The SMILES string of the molecule is Cc1ccc(OCCCC(=O)OCC(=O)NC(=O)NC2CC2)cc1. The van der Waals surface area contributed by atoms with Crippen LogP contribution in [-0.2, 0) is 14.3 Å². The number of benzene rings is 1. The number of carbonyl (C=O) groups is 3. The first-order valence-electron chi connectivity index (χ1n) is 7.98. The fraction of sp³-hybridized carbons (Fsp3) is 0.471. The van der Waals surface area contributed by atoms with Crippen molar-refractivity contribution in [2.45, 2.75) is 38.6 Å². The number of carbonyl (C=O) groups excluding carboxylic acids is 3. The molecule has 0 spiro atoms. The lowest BCUT2D eigenvalue weighted by Gasteiger charge is -2.08. The molecule has 0 bridgehead atoms. The first kappa shape index (κ1) is 17.8. The Morgan fingerprint density at radius 2 is 1.88 bits per heavy atom. The van der Waals surface area contributed by atoms with E-state index >= 15 is 0 Å². The van der Waals surface area contributed by atoms with Gasteiger partial charge in [0.2, 0.25) is 0 Å². The van der Waals surface area contributed by atoms with Crippen molar-refractivity contribution in [3.63, 3.8) is 0 Å². The van der Waals surface area contributed by atoms with Crippen LogP contribution >= 0.6 is 0 Å². The normalized spacial score (nSPS) is 13.0.